The van der Waals surface area contributed by atoms with Gasteiger partial charge >= 0.3 is 0 Å². The lowest BCUT2D eigenvalue weighted by Gasteiger charge is -2.02. The number of H-pyrrole nitrogens is 1. The van der Waals surface area contributed by atoms with E-state index < -0.39 is 10.0 Å². The summed E-state index contributed by atoms with van der Waals surface area (Å²) in [5.74, 6) is 1.36. The fourth-order valence-electron chi connectivity index (χ4n) is 2.35. The van der Waals surface area contributed by atoms with E-state index in [2.05, 4.69) is 41.9 Å². The number of hydrogen-bond acceptors (Lipinski definition) is 5. The number of aromatic nitrogens is 3. The molecule has 0 fully saturated rings. The van der Waals surface area contributed by atoms with Crippen LogP contribution < -0.4 is 4.72 Å². The van der Waals surface area contributed by atoms with E-state index >= 15 is 0 Å². The van der Waals surface area contributed by atoms with Gasteiger partial charge in [-0.3, -0.25) is 5.10 Å². The summed E-state index contributed by atoms with van der Waals surface area (Å²) < 4.78 is 27.9. The molecule has 2 N–H and O–H groups in total. The maximum absolute atomic E-state index is 12.1. The fraction of sp³-hybridized carbons (Fsp3) is 0.250. The summed E-state index contributed by atoms with van der Waals surface area (Å²) in [4.78, 5) is 4.43. The number of thiophene rings is 1. The first-order chi connectivity index (χ1) is 11.9. The van der Waals surface area contributed by atoms with Crippen molar-refractivity contribution in [1.82, 2.24) is 19.9 Å². The first-order valence-electron chi connectivity index (χ1n) is 7.63. The number of nitrogens with one attached hydrogen (secondary N) is 2. The highest BCUT2D eigenvalue weighted by molar-refractivity contribution is 9.11. The maximum atomic E-state index is 12.1. The number of hydrogen-bond donors (Lipinski definition) is 2. The van der Waals surface area contributed by atoms with Crippen molar-refractivity contribution in [3.63, 3.8) is 0 Å². The molecule has 0 saturated carbocycles. The van der Waals surface area contributed by atoms with Crippen molar-refractivity contribution in [2.24, 2.45) is 0 Å². The molecular formula is C16H17BrN4O2S2. The van der Waals surface area contributed by atoms with Crippen molar-refractivity contribution in [1.29, 1.82) is 0 Å². The Morgan fingerprint density at radius 1 is 1.28 bits per heavy atom. The summed E-state index contributed by atoms with van der Waals surface area (Å²) in [7, 11) is -3.48. The van der Waals surface area contributed by atoms with Gasteiger partial charge in [0.15, 0.2) is 5.82 Å². The number of benzene rings is 1. The number of aryl methyl sites for hydroxylation is 1. The van der Waals surface area contributed by atoms with E-state index in [1.807, 2.05) is 25.1 Å². The van der Waals surface area contributed by atoms with Crippen LogP contribution >= 0.6 is 27.3 Å². The lowest BCUT2D eigenvalue weighted by Crippen LogP contribution is -2.25. The third-order valence-corrected chi connectivity index (χ3v) is 7.06. The first kappa shape index (κ1) is 18.2. The molecule has 0 amide bonds. The molecule has 0 aliphatic carbocycles. The molecule has 3 rings (SSSR count). The van der Waals surface area contributed by atoms with Gasteiger partial charge in [-0.1, -0.05) is 29.8 Å². The van der Waals surface area contributed by atoms with Gasteiger partial charge in [0.1, 0.15) is 10.0 Å². The Labute approximate surface area is 158 Å². The molecule has 2 heterocycles. The van der Waals surface area contributed by atoms with Gasteiger partial charge in [0.05, 0.1) is 3.79 Å². The molecule has 3 aromatic rings. The molecule has 0 bridgehead atoms. The zero-order valence-corrected chi connectivity index (χ0v) is 16.7. The van der Waals surface area contributed by atoms with Crippen LogP contribution in [0.1, 0.15) is 22.8 Å². The molecule has 0 aliphatic rings. The number of nitrogens with zero attached hydrogens (tertiary/aromatic N) is 2. The van der Waals surface area contributed by atoms with E-state index in [1.54, 1.807) is 12.1 Å². The Balaban J connectivity index is 1.55. The van der Waals surface area contributed by atoms with E-state index in [1.165, 1.54) is 16.9 Å². The summed E-state index contributed by atoms with van der Waals surface area (Å²) in [5.41, 5.74) is 2.36. The van der Waals surface area contributed by atoms with Gasteiger partial charge in [-0.15, -0.1) is 11.3 Å². The van der Waals surface area contributed by atoms with E-state index in [0.29, 0.717) is 18.7 Å². The molecule has 0 radical (unpaired) electrons. The molecule has 25 heavy (non-hydrogen) atoms. The molecular weight excluding hydrogens is 424 g/mol. The highest BCUT2D eigenvalue weighted by Crippen LogP contribution is 2.25. The van der Waals surface area contributed by atoms with Gasteiger partial charge in [-0.05, 0) is 40.5 Å². The van der Waals surface area contributed by atoms with Gasteiger partial charge in [0.2, 0.25) is 10.0 Å². The van der Waals surface area contributed by atoms with Crippen LogP contribution in [0.5, 0.6) is 0 Å². The molecule has 1 aromatic carbocycles. The monoisotopic (exact) mass is 440 g/mol. The lowest BCUT2D eigenvalue weighted by atomic mass is 10.1. The second-order valence-electron chi connectivity index (χ2n) is 5.57. The smallest absolute Gasteiger partial charge is 0.250 e. The number of halogens is 1. The summed E-state index contributed by atoms with van der Waals surface area (Å²) in [6.45, 7) is 2.30. The Kier molecular flexibility index (Phi) is 5.67. The van der Waals surface area contributed by atoms with Crippen LogP contribution in [-0.4, -0.2) is 30.1 Å². The Bertz CT molecular complexity index is 966. The van der Waals surface area contributed by atoms with Crippen LogP contribution in [0.2, 0.25) is 0 Å². The van der Waals surface area contributed by atoms with Crippen LogP contribution in [0.25, 0.3) is 0 Å². The van der Waals surface area contributed by atoms with Crippen LogP contribution in [-0.2, 0) is 22.9 Å². The molecule has 132 valence electrons. The average molecular weight is 441 g/mol. The topological polar surface area (TPSA) is 87.7 Å². The molecule has 0 unspecified atom stereocenters. The minimum absolute atomic E-state index is 0.250. The van der Waals surface area contributed by atoms with E-state index in [9.17, 15) is 8.42 Å². The van der Waals surface area contributed by atoms with Crippen LogP contribution in [0.3, 0.4) is 0 Å². The molecule has 0 spiro atoms. The minimum Gasteiger partial charge on any atom is -0.263 e. The molecule has 0 saturated heterocycles. The first-order valence-corrected chi connectivity index (χ1v) is 10.7. The second kappa shape index (κ2) is 7.77. The maximum Gasteiger partial charge on any atom is 0.250 e. The SMILES string of the molecule is Cc1cccc(Cc2nc(CCNS(=O)(=O)c3ccc(Br)s3)n[nH]2)c1. The largest absolute Gasteiger partial charge is 0.263 e. The van der Waals surface area contributed by atoms with E-state index in [-0.39, 0.29) is 10.8 Å². The van der Waals surface area contributed by atoms with Crippen molar-refractivity contribution in [2.75, 3.05) is 6.54 Å². The van der Waals surface area contributed by atoms with Crippen molar-refractivity contribution < 1.29 is 8.42 Å². The third-order valence-electron chi connectivity index (χ3n) is 3.49. The normalized spacial score (nSPS) is 11.8. The predicted molar refractivity (Wildman–Crippen MR) is 101 cm³/mol. The summed E-state index contributed by atoms with van der Waals surface area (Å²) >= 11 is 4.44. The van der Waals surface area contributed by atoms with Crippen molar-refractivity contribution in [2.45, 2.75) is 24.0 Å². The Hall–Kier alpha value is -1.55. The molecule has 0 atom stereocenters. The van der Waals surface area contributed by atoms with Gasteiger partial charge in [0.25, 0.3) is 0 Å². The zero-order valence-electron chi connectivity index (χ0n) is 13.5. The van der Waals surface area contributed by atoms with Crippen LogP contribution in [0, 0.1) is 6.92 Å². The average Bonchev–Trinajstić information content (AvgIpc) is 3.17. The fourth-order valence-corrected chi connectivity index (χ4v) is 5.44. The summed E-state index contributed by atoms with van der Waals surface area (Å²) in [6.07, 6.45) is 1.10. The lowest BCUT2D eigenvalue weighted by molar-refractivity contribution is 0.583. The highest BCUT2D eigenvalue weighted by Gasteiger charge is 2.16. The third kappa shape index (κ3) is 4.97. The van der Waals surface area contributed by atoms with Gasteiger partial charge in [-0.2, -0.15) is 5.10 Å². The van der Waals surface area contributed by atoms with Crippen LogP contribution in [0.4, 0.5) is 0 Å². The number of sulfonamides is 1. The summed E-state index contributed by atoms with van der Waals surface area (Å²) in [5, 5.41) is 7.07. The second-order valence-corrected chi connectivity index (χ2v) is 10.0. The van der Waals surface area contributed by atoms with Crippen molar-refractivity contribution in [3.05, 3.63) is 63.0 Å². The van der Waals surface area contributed by atoms with E-state index in [0.717, 1.165) is 15.2 Å². The van der Waals surface area contributed by atoms with Crippen LogP contribution in [0.15, 0.2) is 44.4 Å². The molecule has 6 nitrogen and oxygen atoms in total. The molecule has 2 aromatic heterocycles. The minimum atomic E-state index is -3.48. The quantitative estimate of drug-likeness (QED) is 0.590. The van der Waals surface area contributed by atoms with E-state index in [4.69, 9.17) is 0 Å². The standard InChI is InChI=1S/C16H17BrN4O2S2/c1-11-3-2-4-12(9-11)10-15-19-14(20-21-15)7-8-18-25(22,23)16-6-5-13(17)24-16/h2-6,9,18H,7-8,10H2,1H3,(H,19,20,21). The predicted octanol–water partition coefficient (Wildman–Crippen LogP) is 3.05. The van der Waals surface area contributed by atoms with Crippen molar-refractivity contribution in [3.8, 4) is 0 Å². The van der Waals surface area contributed by atoms with Gasteiger partial charge in [0, 0.05) is 19.4 Å². The highest BCUT2D eigenvalue weighted by atomic mass is 79.9. The summed E-state index contributed by atoms with van der Waals surface area (Å²) in [6, 6.07) is 11.5. The Morgan fingerprint density at radius 3 is 2.84 bits per heavy atom. The van der Waals surface area contributed by atoms with Crippen molar-refractivity contribution >= 4 is 37.3 Å². The number of aromatic amines is 1. The molecule has 9 heteroatoms. The molecule has 0 aliphatic heterocycles. The van der Waals surface area contributed by atoms with Gasteiger partial charge < -0.3 is 0 Å². The van der Waals surface area contributed by atoms with Gasteiger partial charge in [-0.25, -0.2) is 18.1 Å². The zero-order chi connectivity index (χ0) is 17.9. The Morgan fingerprint density at radius 2 is 2.12 bits per heavy atom. The number of rotatable bonds is 7.